The monoisotopic (exact) mass is 1240 g/mol. The minimum atomic E-state index is -5.00. The van der Waals surface area contributed by atoms with Crippen molar-refractivity contribution in [3.8, 4) is 0 Å². The van der Waals surface area contributed by atoms with E-state index in [4.69, 9.17) is 0 Å². The average molecular weight is 1240 g/mol. The second-order valence-corrected chi connectivity index (χ2v) is 22.5. The maximum absolute atomic E-state index is 14.3. The van der Waals surface area contributed by atoms with Crippen molar-refractivity contribution < 1.29 is 136 Å². The average Bonchev–Trinajstić information content (AvgIpc) is 3.25. The van der Waals surface area contributed by atoms with Crippen molar-refractivity contribution in [2.24, 2.45) is 5.41 Å². The van der Waals surface area contributed by atoms with Gasteiger partial charge in [0, 0.05) is 0 Å². The maximum Gasteiger partial charge on any atom is 3.00 e. The van der Waals surface area contributed by atoms with Gasteiger partial charge < -0.3 is 37.2 Å². The molecule has 0 unspecified atom stereocenters. The molecule has 0 aliphatic heterocycles. The molecule has 0 fully saturated rings. The fourth-order valence-corrected chi connectivity index (χ4v) is 16.2. The molecule has 392 valence electrons. The third kappa shape index (κ3) is 16.7. The first-order valence-electron chi connectivity index (χ1n) is 19.7. The van der Waals surface area contributed by atoms with Crippen LogP contribution in [-0.2, 0) is 56.5 Å². The van der Waals surface area contributed by atoms with Crippen LogP contribution in [-0.4, -0.2) is 18.5 Å². The van der Waals surface area contributed by atoms with E-state index in [1.807, 2.05) is 0 Å². The summed E-state index contributed by atoms with van der Waals surface area (Å²) >= 11 is 0. The summed E-state index contributed by atoms with van der Waals surface area (Å²) in [5, 5.41) is -1.14. The molecule has 0 aliphatic rings. The predicted octanol–water partition coefficient (Wildman–Crippen LogP) is 5.51. The van der Waals surface area contributed by atoms with Crippen LogP contribution in [0.5, 0.6) is 0 Å². The first-order chi connectivity index (χ1) is 31.3. The predicted molar refractivity (Wildman–Crippen MR) is 230 cm³/mol. The van der Waals surface area contributed by atoms with E-state index in [2.05, 4.69) is 0 Å². The molecule has 6 aromatic rings. The van der Waals surface area contributed by atoms with Crippen molar-refractivity contribution in [1.29, 1.82) is 0 Å². The Morgan fingerprint density at radius 2 is 0.417 bits per heavy atom. The topological polar surface area (TPSA) is 0 Å². The van der Waals surface area contributed by atoms with Crippen LogP contribution in [0.25, 0.3) is 0 Å². The SMILES string of the molecule is CC(CP(c1cccc(C(F)(F)F)c1)c1cccc(C(F)(F)F)c1)(CP(c1cccc(C(F)(F)F)c1)c1cccc(C(F)(F)F)c1)CP(c1cccc(C(F)(F)F)c1)c1cccc(C(F)(F)F)c1.[Cl-].[Cl-].[Cl-].[Rh+3]. The third-order valence-electron chi connectivity index (χ3n) is 10.5. The Kier molecular flexibility index (Phi) is 22.3. The summed E-state index contributed by atoms with van der Waals surface area (Å²) in [5.41, 5.74) is -9.18. The summed E-state index contributed by atoms with van der Waals surface area (Å²) in [6.45, 7) is 1.39. The van der Waals surface area contributed by atoms with E-state index in [1.165, 1.54) is 43.3 Å². The van der Waals surface area contributed by atoms with Gasteiger partial charge in [0.2, 0.25) is 0 Å². The molecule has 0 radical (unpaired) electrons. The van der Waals surface area contributed by atoms with E-state index in [1.54, 1.807) is 0 Å². The van der Waals surface area contributed by atoms with Gasteiger partial charge in [0.1, 0.15) is 0 Å². The van der Waals surface area contributed by atoms with Crippen LogP contribution < -0.4 is 69.0 Å². The van der Waals surface area contributed by atoms with Crippen LogP contribution in [0.1, 0.15) is 40.3 Å². The van der Waals surface area contributed by atoms with E-state index >= 15 is 0 Å². The van der Waals surface area contributed by atoms with Crippen LogP contribution >= 0.6 is 23.8 Å². The molecule has 0 saturated heterocycles. The van der Waals surface area contributed by atoms with E-state index in [-0.39, 0.29) is 88.5 Å². The van der Waals surface area contributed by atoms with Gasteiger partial charge in [-0.05, 0) is 152 Å². The number of rotatable bonds is 12. The van der Waals surface area contributed by atoms with Crippen molar-refractivity contribution in [3.63, 3.8) is 0 Å². The minimum absolute atomic E-state index is 0. The summed E-state index contributed by atoms with van der Waals surface area (Å²) in [4.78, 5) is 0. The zero-order valence-corrected chi connectivity index (χ0v) is 42.7. The van der Waals surface area contributed by atoms with E-state index in [9.17, 15) is 79.0 Å². The summed E-state index contributed by atoms with van der Waals surface area (Å²) < 4.78 is 257. The molecule has 25 heteroatoms. The van der Waals surface area contributed by atoms with Gasteiger partial charge >= 0.3 is 56.5 Å². The minimum Gasteiger partial charge on any atom is -1.00 e. The fourth-order valence-electron chi connectivity index (χ4n) is 7.39. The Bertz CT molecular complexity index is 2260. The Morgan fingerprint density at radius 3 is 0.542 bits per heavy atom. The number of hydrogen-bond donors (Lipinski definition) is 0. The van der Waals surface area contributed by atoms with Gasteiger partial charge in [-0.15, -0.1) is 0 Å². The van der Waals surface area contributed by atoms with Crippen molar-refractivity contribution in [1.82, 2.24) is 0 Å². The van der Waals surface area contributed by atoms with E-state index < -0.39 is 118 Å². The third-order valence-corrected chi connectivity index (χ3v) is 19.2. The second kappa shape index (κ2) is 24.7. The standard InChI is InChI=1S/C47H33F18P3.3ClH.Rh/c1-41(26-66(35-14-2-8-29(20-35)42(48,49)50)36-15-3-9-30(21-36)43(51,52)53,27-67(37-16-4-10-31(22-37)44(54,55)56)38-17-5-11-32(23-38)45(57,58)59)28-68(39-18-6-12-33(24-39)46(60,61)62)40-19-7-13-34(25-40)47(63,64)65;;;;/h2-25H,26-28H2,1H3;3*1H;/q;;;;+3/p-3. The van der Waals surface area contributed by atoms with Crippen LogP contribution in [0.3, 0.4) is 0 Å². The van der Waals surface area contributed by atoms with Crippen LogP contribution in [0.4, 0.5) is 79.0 Å². The van der Waals surface area contributed by atoms with Crippen molar-refractivity contribution in [2.45, 2.75) is 44.0 Å². The molecule has 6 rings (SSSR count). The number of alkyl halides is 18. The van der Waals surface area contributed by atoms with Crippen LogP contribution in [0.15, 0.2) is 146 Å². The summed E-state index contributed by atoms with van der Waals surface area (Å²) in [7, 11) is -7.50. The van der Waals surface area contributed by atoms with Gasteiger partial charge in [-0.1, -0.05) is 79.7 Å². The number of halogens is 21. The van der Waals surface area contributed by atoms with Gasteiger partial charge in [0.25, 0.3) is 0 Å². The maximum atomic E-state index is 14.3. The summed E-state index contributed by atoms with van der Waals surface area (Å²) in [5.74, 6) is 0. The van der Waals surface area contributed by atoms with Gasteiger partial charge in [0.15, 0.2) is 0 Å². The van der Waals surface area contributed by atoms with Gasteiger partial charge in [0.05, 0.1) is 33.4 Å². The van der Waals surface area contributed by atoms with E-state index in [0.29, 0.717) is 72.8 Å². The second-order valence-electron chi connectivity index (χ2n) is 15.9. The van der Waals surface area contributed by atoms with Gasteiger partial charge in [-0.25, -0.2) is 0 Å². The zero-order chi connectivity index (χ0) is 50.3. The summed E-state index contributed by atoms with van der Waals surface area (Å²) in [6.07, 6.45) is -31.6. The van der Waals surface area contributed by atoms with Crippen LogP contribution in [0.2, 0.25) is 0 Å². The molecule has 0 aromatic heterocycles. The van der Waals surface area contributed by atoms with Gasteiger partial charge in [-0.3, -0.25) is 0 Å². The molecule has 0 saturated carbocycles. The number of benzene rings is 6. The smallest absolute Gasteiger partial charge is 1.00 e. The Morgan fingerprint density at radius 1 is 0.278 bits per heavy atom. The van der Waals surface area contributed by atoms with Crippen molar-refractivity contribution >= 4 is 55.6 Å². The van der Waals surface area contributed by atoms with Crippen molar-refractivity contribution in [3.05, 3.63) is 179 Å². The molecule has 0 bridgehead atoms. The van der Waals surface area contributed by atoms with Gasteiger partial charge in [-0.2, -0.15) is 79.0 Å². The molecule has 0 aliphatic carbocycles. The molecule has 0 atom stereocenters. The van der Waals surface area contributed by atoms with Crippen LogP contribution in [0, 0.1) is 5.41 Å². The molecule has 72 heavy (non-hydrogen) atoms. The Balaban J connectivity index is 0.00000444. The molecule has 0 N–H and O–H groups in total. The fraction of sp³-hybridized carbons (Fsp3) is 0.234. The first kappa shape index (κ1) is 65.0. The first-order valence-corrected chi connectivity index (χ1v) is 24.3. The molecule has 6 aromatic carbocycles. The molecule has 0 amide bonds. The normalized spacial score (nSPS) is 12.8. The quantitative estimate of drug-likeness (QED) is 0.0863. The molecular formula is C47H33Cl3F18P3Rh. The summed E-state index contributed by atoms with van der Waals surface area (Å²) in [6, 6.07) is 21.2. The molecule has 0 heterocycles. The molecule has 0 nitrogen and oxygen atoms in total. The Labute approximate surface area is 436 Å². The molecular weight excluding hydrogens is 1210 g/mol. The Hall–Kier alpha value is -3.16. The largest absolute Gasteiger partial charge is 3.00 e. The zero-order valence-electron chi connectivity index (χ0n) is 36.1. The van der Waals surface area contributed by atoms with E-state index in [0.717, 1.165) is 36.4 Å². The molecule has 0 spiro atoms. The van der Waals surface area contributed by atoms with Crippen molar-refractivity contribution in [2.75, 3.05) is 18.5 Å². The number of hydrogen-bond acceptors (Lipinski definition) is 0.